The summed E-state index contributed by atoms with van der Waals surface area (Å²) >= 11 is 0. The lowest BCUT2D eigenvalue weighted by Crippen LogP contribution is -2.24. The van der Waals surface area contributed by atoms with E-state index in [1.165, 1.54) is 6.08 Å². The second-order valence-electron chi connectivity index (χ2n) is 2.40. The first kappa shape index (κ1) is 8.27. The van der Waals surface area contributed by atoms with Crippen LogP contribution in [0.15, 0.2) is 11.8 Å². The summed E-state index contributed by atoms with van der Waals surface area (Å²) in [6.07, 6.45) is 1.44. The highest BCUT2D eigenvalue weighted by Gasteiger charge is 2.18. The fourth-order valence-electron chi connectivity index (χ4n) is 0.933. The average molecular weight is 156 g/mol. The maximum absolute atomic E-state index is 10.8. The van der Waals surface area contributed by atoms with Crippen LogP contribution in [-0.2, 0) is 14.3 Å². The topological polar surface area (TPSA) is 35.5 Å². The minimum Gasteiger partial charge on any atom is -0.495 e. The number of ether oxygens (including phenoxy) is 2. The molecule has 0 bridgehead atoms. The van der Waals surface area contributed by atoms with Crippen LogP contribution in [0.5, 0.6) is 0 Å². The molecule has 3 nitrogen and oxygen atoms in total. The molecule has 1 rings (SSSR count). The Kier molecular flexibility index (Phi) is 2.65. The average Bonchev–Trinajstić information content (AvgIpc) is 1.98. The van der Waals surface area contributed by atoms with Gasteiger partial charge in [0.2, 0.25) is 0 Å². The van der Waals surface area contributed by atoms with Crippen LogP contribution in [-0.4, -0.2) is 25.1 Å². The molecule has 0 aromatic rings. The molecule has 0 aromatic heterocycles. The van der Waals surface area contributed by atoms with Crippen molar-refractivity contribution in [2.24, 2.45) is 0 Å². The van der Waals surface area contributed by atoms with Gasteiger partial charge in [0, 0.05) is 6.08 Å². The Morgan fingerprint density at radius 2 is 2.55 bits per heavy atom. The molecule has 0 aliphatic carbocycles. The maximum atomic E-state index is 10.8. The summed E-state index contributed by atoms with van der Waals surface area (Å²) in [5.74, 6) is 0.621. The maximum Gasteiger partial charge on any atom is 0.184 e. The fraction of sp³-hybridized carbons (Fsp3) is 0.625. The first-order chi connectivity index (χ1) is 5.24. The predicted octanol–water partition coefficient (Wildman–Crippen LogP) is 0.895. The Morgan fingerprint density at radius 1 is 1.82 bits per heavy atom. The Hall–Kier alpha value is -0.830. The molecule has 11 heavy (non-hydrogen) atoms. The number of carbonyl (C=O) groups is 1. The van der Waals surface area contributed by atoms with E-state index >= 15 is 0 Å². The van der Waals surface area contributed by atoms with Gasteiger partial charge in [0.1, 0.15) is 18.5 Å². The quantitative estimate of drug-likeness (QED) is 0.595. The molecule has 0 fully saturated rings. The molecule has 0 N–H and O–H groups in total. The smallest absolute Gasteiger partial charge is 0.184 e. The van der Waals surface area contributed by atoms with Gasteiger partial charge < -0.3 is 9.47 Å². The lowest BCUT2D eigenvalue weighted by molar-refractivity contribution is -0.123. The summed E-state index contributed by atoms with van der Waals surface area (Å²) in [5.41, 5.74) is 0. The van der Waals surface area contributed by atoms with E-state index < -0.39 is 0 Å². The van der Waals surface area contributed by atoms with Crippen molar-refractivity contribution in [1.29, 1.82) is 0 Å². The first-order valence-corrected chi connectivity index (χ1v) is 3.73. The SMILES string of the molecule is CCOC1=CC(=O)COC1C. The summed E-state index contributed by atoms with van der Waals surface area (Å²) in [5, 5.41) is 0. The van der Waals surface area contributed by atoms with Crippen LogP contribution in [0.4, 0.5) is 0 Å². The molecule has 3 heteroatoms. The molecule has 0 amide bonds. The summed E-state index contributed by atoms with van der Waals surface area (Å²) in [6.45, 7) is 4.51. The molecule has 1 unspecified atom stereocenters. The normalized spacial score (nSPS) is 24.7. The zero-order chi connectivity index (χ0) is 8.27. The van der Waals surface area contributed by atoms with Gasteiger partial charge in [-0.25, -0.2) is 0 Å². The van der Waals surface area contributed by atoms with E-state index in [1.54, 1.807) is 0 Å². The van der Waals surface area contributed by atoms with Crippen molar-refractivity contribution in [3.8, 4) is 0 Å². The first-order valence-electron chi connectivity index (χ1n) is 3.73. The standard InChI is InChI=1S/C8H12O3/c1-3-10-8-4-7(9)5-11-6(8)2/h4,6H,3,5H2,1-2H3. The van der Waals surface area contributed by atoms with Crippen molar-refractivity contribution >= 4 is 5.78 Å². The van der Waals surface area contributed by atoms with E-state index in [0.29, 0.717) is 12.4 Å². The summed E-state index contributed by atoms with van der Waals surface area (Å²) < 4.78 is 10.3. The van der Waals surface area contributed by atoms with Gasteiger partial charge >= 0.3 is 0 Å². The van der Waals surface area contributed by atoms with Crippen molar-refractivity contribution < 1.29 is 14.3 Å². The molecular formula is C8H12O3. The third-order valence-corrected chi connectivity index (χ3v) is 1.49. The van der Waals surface area contributed by atoms with Crippen molar-refractivity contribution in [3.63, 3.8) is 0 Å². The molecule has 0 radical (unpaired) electrons. The van der Waals surface area contributed by atoms with E-state index in [2.05, 4.69) is 0 Å². The van der Waals surface area contributed by atoms with E-state index in [-0.39, 0.29) is 18.5 Å². The lowest BCUT2D eigenvalue weighted by Gasteiger charge is -2.19. The van der Waals surface area contributed by atoms with Gasteiger partial charge in [-0.15, -0.1) is 0 Å². The lowest BCUT2D eigenvalue weighted by atomic mass is 10.2. The summed E-state index contributed by atoms with van der Waals surface area (Å²) in [7, 11) is 0. The van der Waals surface area contributed by atoms with E-state index in [9.17, 15) is 4.79 Å². The molecular weight excluding hydrogens is 144 g/mol. The summed E-state index contributed by atoms with van der Waals surface area (Å²) in [6, 6.07) is 0. The molecule has 0 aromatic carbocycles. The van der Waals surface area contributed by atoms with Gasteiger partial charge in [-0.1, -0.05) is 0 Å². The van der Waals surface area contributed by atoms with Crippen LogP contribution in [0.2, 0.25) is 0 Å². The van der Waals surface area contributed by atoms with Crippen LogP contribution in [0.1, 0.15) is 13.8 Å². The minimum absolute atomic E-state index is 0.0217. The molecule has 1 aliphatic rings. The number of ketones is 1. The Bertz CT molecular complexity index is 184. The number of carbonyl (C=O) groups excluding carboxylic acids is 1. The fourth-order valence-corrected chi connectivity index (χ4v) is 0.933. The third-order valence-electron chi connectivity index (χ3n) is 1.49. The zero-order valence-corrected chi connectivity index (χ0v) is 6.79. The molecule has 62 valence electrons. The summed E-state index contributed by atoms with van der Waals surface area (Å²) in [4.78, 5) is 10.8. The molecule has 0 saturated heterocycles. The van der Waals surface area contributed by atoms with E-state index in [1.807, 2.05) is 13.8 Å². The van der Waals surface area contributed by atoms with Crippen LogP contribution in [0.25, 0.3) is 0 Å². The van der Waals surface area contributed by atoms with Crippen LogP contribution >= 0.6 is 0 Å². The Balaban J connectivity index is 2.63. The monoisotopic (exact) mass is 156 g/mol. The number of hydrogen-bond donors (Lipinski definition) is 0. The van der Waals surface area contributed by atoms with Crippen molar-refractivity contribution in [2.45, 2.75) is 20.0 Å². The van der Waals surface area contributed by atoms with Gasteiger partial charge in [0.05, 0.1) is 6.61 Å². The Labute approximate surface area is 66.0 Å². The van der Waals surface area contributed by atoms with Gasteiger partial charge in [-0.05, 0) is 13.8 Å². The van der Waals surface area contributed by atoms with Gasteiger partial charge in [0.15, 0.2) is 5.78 Å². The molecule has 0 spiro atoms. The van der Waals surface area contributed by atoms with E-state index in [4.69, 9.17) is 9.47 Å². The second kappa shape index (κ2) is 3.53. The van der Waals surface area contributed by atoms with Crippen LogP contribution < -0.4 is 0 Å². The Morgan fingerprint density at radius 3 is 3.18 bits per heavy atom. The van der Waals surface area contributed by atoms with Crippen LogP contribution in [0, 0.1) is 0 Å². The molecule has 0 saturated carbocycles. The van der Waals surface area contributed by atoms with Crippen LogP contribution in [0.3, 0.4) is 0 Å². The zero-order valence-electron chi connectivity index (χ0n) is 6.79. The van der Waals surface area contributed by atoms with Gasteiger partial charge in [0.25, 0.3) is 0 Å². The number of rotatable bonds is 2. The minimum atomic E-state index is -0.0763. The second-order valence-corrected chi connectivity index (χ2v) is 2.40. The van der Waals surface area contributed by atoms with Crippen molar-refractivity contribution in [2.75, 3.05) is 13.2 Å². The highest BCUT2D eigenvalue weighted by molar-refractivity contribution is 5.91. The number of hydrogen-bond acceptors (Lipinski definition) is 3. The van der Waals surface area contributed by atoms with Crippen molar-refractivity contribution in [3.05, 3.63) is 11.8 Å². The van der Waals surface area contributed by atoms with E-state index in [0.717, 1.165) is 0 Å². The molecule has 1 atom stereocenters. The largest absolute Gasteiger partial charge is 0.495 e. The third kappa shape index (κ3) is 2.05. The van der Waals surface area contributed by atoms with Gasteiger partial charge in [-0.3, -0.25) is 4.79 Å². The predicted molar refractivity (Wildman–Crippen MR) is 40.1 cm³/mol. The van der Waals surface area contributed by atoms with Gasteiger partial charge in [-0.2, -0.15) is 0 Å². The highest BCUT2D eigenvalue weighted by atomic mass is 16.5. The molecule has 1 heterocycles. The highest BCUT2D eigenvalue weighted by Crippen LogP contribution is 2.12. The molecule has 1 aliphatic heterocycles. The van der Waals surface area contributed by atoms with Crippen molar-refractivity contribution in [1.82, 2.24) is 0 Å².